The van der Waals surface area contributed by atoms with E-state index in [9.17, 15) is 4.79 Å². The molecule has 0 aromatic carbocycles. The van der Waals surface area contributed by atoms with Crippen molar-refractivity contribution >= 4 is 5.97 Å². The normalized spacial score (nSPS) is 26.7. The van der Waals surface area contributed by atoms with Crippen molar-refractivity contribution in [1.29, 1.82) is 0 Å². The predicted molar refractivity (Wildman–Crippen MR) is 81.1 cm³/mol. The van der Waals surface area contributed by atoms with Crippen LogP contribution in [-0.2, 0) is 4.74 Å². The quantitative estimate of drug-likeness (QED) is 0.783. The van der Waals surface area contributed by atoms with Crippen LogP contribution in [-0.4, -0.2) is 26.6 Å². The van der Waals surface area contributed by atoms with Crippen LogP contribution in [0.2, 0.25) is 0 Å². The highest BCUT2D eigenvalue weighted by Gasteiger charge is 2.30. The number of nitrogens with zero attached hydrogens (tertiary/aromatic N) is 3. The van der Waals surface area contributed by atoms with Crippen LogP contribution in [0.5, 0.6) is 0 Å². The summed E-state index contributed by atoms with van der Waals surface area (Å²) in [4.78, 5) is 12.2. The molecule has 0 spiro atoms. The van der Waals surface area contributed by atoms with Crippen molar-refractivity contribution in [3.8, 4) is 0 Å². The van der Waals surface area contributed by atoms with E-state index in [4.69, 9.17) is 4.74 Å². The molecule has 1 aliphatic rings. The van der Waals surface area contributed by atoms with Gasteiger partial charge in [0.05, 0.1) is 11.7 Å². The Bertz CT molecular complexity index is 516. The van der Waals surface area contributed by atoms with E-state index in [1.165, 1.54) is 6.42 Å². The number of carbonyl (C=O) groups is 1. The maximum atomic E-state index is 12.2. The Kier molecular flexibility index (Phi) is 4.40. The van der Waals surface area contributed by atoms with Gasteiger partial charge in [0.15, 0.2) is 5.69 Å². The van der Waals surface area contributed by atoms with Crippen LogP contribution in [0.3, 0.4) is 0 Å². The molecule has 1 saturated carbocycles. The highest BCUT2D eigenvalue weighted by molar-refractivity contribution is 5.88. The van der Waals surface area contributed by atoms with Crippen molar-refractivity contribution in [3.63, 3.8) is 0 Å². The van der Waals surface area contributed by atoms with Crippen LogP contribution in [0, 0.1) is 18.8 Å². The second-order valence-electron chi connectivity index (χ2n) is 7.39. The van der Waals surface area contributed by atoms with E-state index in [1.807, 2.05) is 32.4 Å². The van der Waals surface area contributed by atoms with Gasteiger partial charge in [-0.1, -0.05) is 19.1 Å². The fourth-order valence-corrected chi connectivity index (χ4v) is 2.94. The maximum absolute atomic E-state index is 12.2. The molecule has 5 heteroatoms. The Morgan fingerprint density at radius 3 is 2.48 bits per heavy atom. The fourth-order valence-electron chi connectivity index (χ4n) is 2.94. The molecule has 0 saturated heterocycles. The average Bonchev–Trinajstić information content (AvgIpc) is 2.73. The molecule has 1 aromatic heterocycles. The average molecular weight is 293 g/mol. The van der Waals surface area contributed by atoms with Gasteiger partial charge in [0.2, 0.25) is 0 Å². The molecule has 5 nitrogen and oxygen atoms in total. The van der Waals surface area contributed by atoms with Gasteiger partial charge < -0.3 is 4.74 Å². The Hall–Kier alpha value is -1.39. The smallest absolute Gasteiger partial charge is 0.361 e. The summed E-state index contributed by atoms with van der Waals surface area (Å²) in [7, 11) is 0. The first-order valence-corrected chi connectivity index (χ1v) is 7.84. The zero-order valence-corrected chi connectivity index (χ0v) is 14.0. The Morgan fingerprint density at radius 1 is 1.24 bits per heavy atom. The second-order valence-corrected chi connectivity index (χ2v) is 7.39. The maximum Gasteiger partial charge on any atom is 0.361 e. The van der Waals surface area contributed by atoms with Gasteiger partial charge in [-0.15, -0.1) is 5.10 Å². The van der Waals surface area contributed by atoms with E-state index in [0.29, 0.717) is 17.7 Å². The van der Waals surface area contributed by atoms with Crippen LogP contribution in [0.25, 0.3) is 0 Å². The van der Waals surface area contributed by atoms with E-state index >= 15 is 0 Å². The van der Waals surface area contributed by atoms with Crippen LogP contribution >= 0.6 is 0 Å². The minimum absolute atomic E-state index is 0.344. The second kappa shape index (κ2) is 5.78. The van der Waals surface area contributed by atoms with Gasteiger partial charge in [0, 0.05) is 0 Å². The van der Waals surface area contributed by atoms with Crippen LogP contribution in [0.15, 0.2) is 0 Å². The number of esters is 1. The van der Waals surface area contributed by atoms with Crippen LogP contribution in [0.4, 0.5) is 0 Å². The third kappa shape index (κ3) is 3.63. The molecule has 2 rings (SSSR count). The number of ether oxygens (including phenoxy) is 1. The van der Waals surface area contributed by atoms with Gasteiger partial charge in [-0.25, -0.2) is 9.48 Å². The molecule has 0 bridgehead atoms. The summed E-state index contributed by atoms with van der Waals surface area (Å²) in [5.74, 6) is 1.05. The van der Waals surface area contributed by atoms with Gasteiger partial charge in [0.1, 0.15) is 5.60 Å². The minimum atomic E-state index is -0.512. The van der Waals surface area contributed by atoms with Crippen molar-refractivity contribution in [2.45, 2.75) is 72.4 Å². The molecule has 1 fully saturated rings. The molecule has 0 N–H and O–H groups in total. The summed E-state index contributed by atoms with van der Waals surface area (Å²) < 4.78 is 7.31. The molecule has 3 atom stereocenters. The molecular weight excluding hydrogens is 266 g/mol. The summed E-state index contributed by atoms with van der Waals surface area (Å²) in [6.07, 6.45) is 3.40. The van der Waals surface area contributed by atoms with Gasteiger partial charge in [-0.2, -0.15) is 0 Å². The molecule has 0 radical (unpaired) electrons. The number of hydrogen-bond acceptors (Lipinski definition) is 4. The number of rotatable bonds is 2. The van der Waals surface area contributed by atoms with Crippen LogP contribution in [0.1, 0.15) is 76.1 Å². The molecule has 1 heterocycles. The summed E-state index contributed by atoms with van der Waals surface area (Å²) in [5, 5.41) is 8.27. The lowest BCUT2D eigenvalue weighted by molar-refractivity contribution is 0.00618. The lowest BCUT2D eigenvalue weighted by Gasteiger charge is -2.32. The lowest BCUT2D eigenvalue weighted by atomic mass is 9.79. The Morgan fingerprint density at radius 2 is 1.90 bits per heavy atom. The highest BCUT2D eigenvalue weighted by Crippen LogP contribution is 2.36. The lowest BCUT2D eigenvalue weighted by Crippen LogP contribution is -2.26. The highest BCUT2D eigenvalue weighted by atomic mass is 16.6. The zero-order valence-electron chi connectivity index (χ0n) is 14.0. The van der Waals surface area contributed by atoms with Crippen molar-refractivity contribution in [3.05, 3.63) is 11.4 Å². The largest absolute Gasteiger partial charge is 0.455 e. The van der Waals surface area contributed by atoms with Gasteiger partial charge in [0.25, 0.3) is 0 Å². The van der Waals surface area contributed by atoms with Crippen molar-refractivity contribution in [1.82, 2.24) is 15.0 Å². The minimum Gasteiger partial charge on any atom is -0.455 e. The Labute approximate surface area is 127 Å². The standard InChI is InChI=1S/C16H27N3O2/c1-10-7-8-13(9-11(10)2)19-12(3)14(17-18-19)15(20)21-16(4,5)6/h10-11,13H,7-9H2,1-6H3. The van der Waals surface area contributed by atoms with Crippen molar-refractivity contribution in [2.24, 2.45) is 11.8 Å². The SMILES string of the molecule is Cc1c(C(=O)OC(C)(C)C)nnn1C1CCC(C)C(C)C1. The molecule has 0 amide bonds. The Balaban J connectivity index is 2.15. The first kappa shape index (κ1) is 16.0. The van der Waals surface area contributed by atoms with Gasteiger partial charge in [-0.05, 0) is 58.8 Å². The third-order valence-electron chi connectivity index (χ3n) is 4.44. The first-order chi connectivity index (χ1) is 9.69. The number of aromatic nitrogens is 3. The van der Waals surface area contributed by atoms with Gasteiger partial charge >= 0.3 is 5.97 Å². The van der Waals surface area contributed by atoms with Crippen LogP contribution < -0.4 is 0 Å². The summed E-state index contributed by atoms with van der Waals surface area (Å²) in [5.41, 5.74) is 0.648. The third-order valence-corrected chi connectivity index (χ3v) is 4.44. The van der Waals surface area contributed by atoms with Crippen molar-refractivity contribution < 1.29 is 9.53 Å². The molecule has 3 unspecified atom stereocenters. The molecule has 21 heavy (non-hydrogen) atoms. The molecular formula is C16H27N3O2. The van der Waals surface area contributed by atoms with E-state index in [-0.39, 0.29) is 5.97 Å². The molecule has 0 aliphatic heterocycles. The van der Waals surface area contributed by atoms with E-state index in [1.54, 1.807) is 0 Å². The summed E-state index contributed by atoms with van der Waals surface area (Å²) in [6.45, 7) is 12.1. The monoisotopic (exact) mass is 293 g/mol. The van der Waals surface area contributed by atoms with Gasteiger partial charge in [-0.3, -0.25) is 0 Å². The summed E-state index contributed by atoms with van der Waals surface area (Å²) in [6, 6.07) is 0.347. The first-order valence-electron chi connectivity index (χ1n) is 7.84. The topological polar surface area (TPSA) is 57.0 Å². The molecule has 118 valence electrons. The summed E-state index contributed by atoms with van der Waals surface area (Å²) >= 11 is 0. The van der Waals surface area contributed by atoms with E-state index < -0.39 is 5.60 Å². The predicted octanol–water partition coefficient (Wildman–Crippen LogP) is 3.54. The molecule has 1 aliphatic carbocycles. The number of carbonyl (C=O) groups excluding carboxylic acids is 1. The zero-order chi connectivity index (χ0) is 15.8. The number of hydrogen-bond donors (Lipinski definition) is 0. The van der Waals surface area contributed by atoms with E-state index in [2.05, 4.69) is 24.2 Å². The van der Waals surface area contributed by atoms with E-state index in [0.717, 1.165) is 24.5 Å². The van der Waals surface area contributed by atoms with Crippen molar-refractivity contribution in [2.75, 3.05) is 0 Å². The molecule has 1 aromatic rings. The fraction of sp³-hybridized carbons (Fsp3) is 0.812.